The molecule has 0 saturated carbocycles. The molecule has 0 spiro atoms. The summed E-state index contributed by atoms with van der Waals surface area (Å²) >= 11 is 0. The van der Waals surface area contributed by atoms with Crippen LogP contribution in [0.3, 0.4) is 0 Å². The van der Waals surface area contributed by atoms with Crippen LogP contribution in [0.2, 0.25) is 0 Å². The molecule has 28 heavy (non-hydrogen) atoms. The molecule has 1 fully saturated rings. The number of benzene rings is 2. The largest absolute Gasteiger partial charge is 0.375 e. The highest BCUT2D eigenvalue weighted by molar-refractivity contribution is 5.97. The zero-order valence-electron chi connectivity index (χ0n) is 15.9. The summed E-state index contributed by atoms with van der Waals surface area (Å²) in [6, 6.07) is 18.3. The average molecular weight is 378 g/mol. The van der Waals surface area contributed by atoms with Crippen molar-refractivity contribution in [1.29, 1.82) is 5.26 Å². The van der Waals surface area contributed by atoms with Crippen molar-refractivity contribution in [2.24, 2.45) is 0 Å². The first-order chi connectivity index (χ1) is 13.6. The van der Waals surface area contributed by atoms with Crippen molar-refractivity contribution in [1.82, 2.24) is 9.80 Å². The number of hydrogen-bond acceptors (Lipinski definition) is 4. The van der Waals surface area contributed by atoms with Gasteiger partial charge in [0.1, 0.15) is 17.5 Å². The third kappa shape index (κ3) is 4.89. The van der Waals surface area contributed by atoms with Crippen LogP contribution in [0.1, 0.15) is 5.56 Å². The summed E-state index contributed by atoms with van der Waals surface area (Å²) in [6.07, 6.45) is 1.61. The normalized spacial score (nSPS) is 14.5. The lowest BCUT2D eigenvalue weighted by atomic mass is 10.2. The van der Waals surface area contributed by atoms with Crippen LogP contribution in [0.25, 0.3) is 0 Å². The van der Waals surface area contributed by atoms with Gasteiger partial charge < -0.3 is 14.7 Å². The maximum absolute atomic E-state index is 13.1. The van der Waals surface area contributed by atoms with Gasteiger partial charge in [-0.3, -0.25) is 4.79 Å². The summed E-state index contributed by atoms with van der Waals surface area (Å²) < 4.78 is 13.1. The molecule has 144 valence electrons. The van der Waals surface area contributed by atoms with Crippen LogP contribution in [0.15, 0.2) is 66.4 Å². The Morgan fingerprint density at radius 3 is 2.36 bits per heavy atom. The van der Waals surface area contributed by atoms with E-state index in [-0.39, 0.29) is 17.3 Å². The molecule has 5 nitrogen and oxygen atoms in total. The molecule has 2 aromatic carbocycles. The van der Waals surface area contributed by atoms with Crippen molar-refractivity contribution in [2.75, 3.05) is 38.1 Å². The Morgan fingerprint density at radius 2 is 1.75 bits per heavy atom. The zero-order valence-corrected chi connectivity index (χ0v) is 15.9. The monoisotopic (exact) mass is 378 g/mol. The van der Waals surface area contributed by atoms with E-state index in [0.717, 1.165) is 11.3 Å². The van der Waals surface area contributed by atoms with Gasteiger partial charge in [0.15, 0.2) is 0 Å². The van der Waals surface area contributed by atoms with Crippen LogP contribution in [0.4, 0.5) is 10.1 Å². The van der Waals surface area contributed by atoms with E-state index >= 15 is 0 Å². The Morgan fingerprint density at radius 1 is 1.11 bits per heavy atom. The number of halogens is 1. The van der Waals surface area contributed by atoms with Crippen LogP contribution in [-0.2, 0) is 11.3 Å². The highest BCUT2D eigenvalue weighted by Crippen LogP contribution is 2.18. The standard InChI is InChI=1S/C22H23FN4O/c1-25(16-18-5-3-2-4-6-18)17-19(15-24)22(28)27-13-11-26(12-14-27)21-9-7-20(23)8-10-21/h2-10,17H,11-14,16H2,1H3/b19-17-. The number of amides is 1. The van der Waals surface area contributed by atoms with Crippen molar-refractivity contribution in [2.45, 2.75) is 6.54 Å². The number of carbonyl (C=O) groups is 1. The lowest BCUT2D eigenvalue weighted by Gasteiger charge is -2.36. The molecule has 1 amide bonds. The molecule has 1 saturated heterocycles. The first-order valence-corrected chi connectivity index (χ1v) is 9.22. The van der Waals surface area contributed by atoms with E-state index in [4.69, 9.17) is 0 Å². The number of rotatable bonds is 5. The number of nitriles is 1. The average Bonchev–Trinajstić information content (AvgIpc) is 2.73. The fourth-order valence-corrected chi connectivity index (χ4v) is 3.26. The van der Waals surface area contributed by atoms with E-state index in [2.05, 4.69) is 4.90 Å². The zero-order chi connectivity index (χ0) is 19.9. The van der Waals surface area contributed by atoms with Gasteiger partial charge in [-0.2, -0.15) is 5.26 Å². The third-order valence-corrected chi connectivity index (χ3v) is 4.73. The van der Waals surface area contributed by atoms with Gasteiger partial charge in [-0.25, -0.2) is 4.39 Å². The van der Waals surface area contributed by atoms with Gasteiger partial charge in [0.25, 0.3) is 5.91 Å². The molecule has 0 aromatic heterocycles. The second-order valence-electron chi connectivity index (χ2n) is 6.81. The number of piperazine rings is 1. The number of nitrogens with zero attached hydrogens (tertiary/aromatic N) is 4. The van der Waals surface area contributed by atoms with Crippen LogP contribution in [0.5, 0.6) is 0 Å². The van der Waals surface area contributed by atoms with E-state index in [0.29, 0.717) is 32.7 Å². The summed E-state index contributed by atoms with van der Waals surface area (Å²) in [5.74, 6) is -0.512. The quantitative estimate of drug-likeness (QED) is 0.593. The molecular weight excluding hydrogens is 355 g/mol. The first-order valence-electron chi connectivity index (χ1n) is 9.22. The molecule has 1 aliphatic rings. The van der Waals surface area contributed by atoms with E-state index in [1.807, 2.05) is 48.3 Å². The Kier molecular flexibility index (Phi) is 6.28. The Hall–Kier alpha value is -3.33. The van der Waals surface area contributed by atoms with E-state index in [1.54, 1.807) is 23.2 Å². The molecule has 0 unspecified atom stereocenters. The highest BCUT2D eigenvalue weighted by Gasteiger charge is 2.24. The van der Waals surface area contributed by atoms with E-state index in [1.165, 1.54) is 12.1 Å². The molecule has 0 radical (unpaired) electrons. The van der Waals surface area contributed by atoms with Crippen molar-refractivity contribution >= 4 is 11.6 Å². The Bertz CT molecular complexity index is 866. The minimum Gasteiger partial charge on any atom is -0.375 e. The molecular formula is C22H23FN4O. The van der Waals surface area contributed by atoms with Crippen LogP contribution in [0, 0.1) is 17.1 Å². The molecule has 1 heterocycles. The molecule has 2 aromatic rings. The fraction of sp³-hybridized carbons (Fsp3) is 0.273. The minimum atomic E-state index is -0.263. The molecule has 0 atom stereocenters. The van der Waals surface area contributed by atoms with Gasteiger partial charge in [-0.1, -0.05) is 30.3 Å². The maximum atomic E-state index is 13.1. The Labute approximate surface area is 164 Å². The van der Waals surface area contributed by atoms with Crippen molar-refractivity contribution < 1.29 is 9.18 Å². The van der Waals surface area contributed by atoms with Crippen LogP contribution in [-0.4, -0.2) is 48.9 Å². The highest BCUT2D eigenvalue weighted by atomic mass is 19.1. The van der Waals surface area contributed by atoms with Crippen molar-refractivity contribution in [3.05, 3.63) is 77.8 Å². The summed E-state index contributed by atoms with van der Waals surface area (Å²) in [4.78, 5) is 18.4. The molecule has 0 aliphatic carbocycles. The molecule has 3 rings (SSSR count). The molecule has 6 heteroatoms. The Balaban J connectivity index is 1.59. The third-order valence-electron chi connectivity index (χ3n) is 4.73. The summed E-state index contributed by atoms with van der Waals surface area (Å²) in [5.41, 5.74) is 2.18. The topological polar surface area (TPSA) is 50.6 Å². The fourth-order valence-electron chi connectivity index (χ4n) is 3.26. The number of hydrogen-bond donors (Lipinski definition) is 0. The van der Waals surface area contributed by atoms with Gasteiger partial charge >= 0.3 is 0 Å². The predicted molar refractivity (Wildman–Crippen MR) is 107 cm³/mol. The van der Waals surface area contributed by atoms with E-state index < -0.39 is 0 Å². The second-order valence-corrected chi connectivity index (χ2v) is 6.81. The number of anilines is 1. The second kappa shape index (κ2) is 9.05. The summed E-state index contributed by atoms with van der Waals surface area (Å²) in [5, 5.41) is 9.46. The summed E-state index contributed by atoms with van der Waals surface area (Å²) in [7, 11) is 1.85. The van der Waals surface area contributed by atoms with Gasteiger partial charge in [0.2, 0.25) is 0 Å². The molecule has 1 aliphatic heterocycles. The first kappa shape index (κ1) is 19.4. The predicted octanol–water partition coefficient (Wildman–Crippen LogP) is 3.01. The van der Waals surface area contributed by atoms with Gasteiger partial charge in [0, 0.05) is 51.7 Å². The van der Waals surface area contributed by atoms with Crippen molar-refractivity contribution in [3.63, 3.8) is 0 Å². The maximum Gasteiger partial charge on any atom is 0.266 e. The smallest absolute Gasteiger partial charge is 0.266 e. The van der Waals surface area contributed by atoms with Gasteiger partial charge in [0.05, 0.1) is 0 Å². The number of carbonyl (C=O) groups excluding carboxylic acids is 1. The van der Waals surface area contributed by atoms with Gasteiger partial charge in [-0.15, -0.1) is 0 Å². The summed E-state index contributed by atoms with van der Waals surface area (Å²) in [6.45, 7) is 2.97. The lowest BCUT2D eigenvalue weighted by molar-refractivity contribution is -0.127. The van der Waals surface area contributed by atoms with E-state index in [9.17, 15) is 14.4 Å². The SMILES string of the molecule is CN(/C=C(/C#N)C(=O)N1CCN(c2ccc(F)cc2)CC1)Cc1ccccc1. The van der Waals surface area contributed by atoms with Gasteiger partial charge in [-0.05, 0) is 29.8 Å². The molecule has 0 bridgehead atoms. The van der Waals surface area contributed by atoms with Crippen LogP contribution < -0.4 is 4.90 Å². The molecule has 0 N–H and O–H groups in total. The minimum absolute atomic E-state index is 0.133. The van der Waals surface area contributed by atoms with Crippen molar-refractivity contribution in [3.8, 4) is 6.07 Å². The van der Waals surface area contributed by atoms with Crippen LogP contribution >= 0.6 is 0 Å². The lowest BCUT2D eigenvalue weighted by Crippen LogP contribution is -2.49.